The lowest BCUT2D eigenvalue weighted by atomic mass is 10.3. The quantitative estimate of drug-likeness (QED) is 0.555. The van der Waals surface area contributed by atoms with Crippen LogP contribution in [0, 0.1) is 0 Å². The SMILES string of the molecule is CCCCC(=O)OOc1ccccc1Oc1ccccc1. The van der Waals surface area contributed by atoms with Crippen molar-refractivity contribution in [1.82, 2.24) is 0 Å². The van der Waals surface area contributed by atoms with Crippen molar-refractivity contribution in [2.24, 2.45) is 0 Å². The van der Waals surface area contributed by atoms with E-state index in [1.54, 1.807) is 18.2 Å². The van der Waals surface area contributed by atoms with Gasteiger partial charge in [0.2, 0.25) is 5.75 Å². The zero-order valence-corrected chi connectivity index (χ0v) is 12.0. The molecule has 21 heavy (non-hydrogen) atoms. The number of hydrogen-bond donors (Lipinski definition) is 0. The first-order valence-electron chi connectivity index (χ1n) is 6.99. The minimum atomic E-state index is -0.383. The van der Waals surface area contributed by atoms with Gasteiger partial charge in [-0.25, -0.2) is 4.79 Å². The van der Waals surface area contributed by atoms with Crippen LogP contribution in [0.4, 0.5) is 0 Å². The first-order valence-corrected chi connectivity index (χ1v) is 6.99. The molecule has 0 heterocycles. The number of benzene rings is 2. The average molecular weight is 286 g/mol. The molecule has 2 aromatic carbocycles. The zero-order valence-electron chi connectivity index (χ0n) is 12.0. The van der Waals surface area contributed by atoms with E-state index < -0.39 is 0 Å². The molecule has 0 atom stereocenters. The van der Waals surface area contributed by atoms with Crippen LogP contribution in [0.3, 0.4) is 0 Å². The molecule has 110 valence electrons. The van der Waals surface area contributed by atoms with Crippen LogP contribution in [0.5, 0.6) is 17.2 Å². The molecule has 0 bridgehead atoms. The monoisotopic (exact) mass is 286 g/mol. The van der Waals surface area contributed by atoms with Crippen LogP contribution in [0.25, 0.3) is 0 Å². The van der Waals surface area contributed by atoms with Crippen molar-refractivity contribution in [1.29, 1.82) is 0 Å². The number of carbonyl (C=O) groups is 1. The smallest absolute Gasteiger partial charge is 0.355 e. The molecular formula is C17H18O4. The second-order valence-corrected chi connectivity index (χ2v) is 4.50. The van der Waals surface area contributed by atoms with Crippen LogP contribution in [0.15, 0.2) is 54.6 Å². The first kappa shape index (κ1) is 14.9. The summed E-state index contributed by atoms with van der Waals surface area (Å²) < 4.78 is 5.71. The van der Waals surface area contributed by atoms with Crippen molar-refractivity contribution in [3.63, 3.8) is 0 Å². The van der Waals surface area contributed by atoms with E-state index in [2.05, 4.69) is 0 Å². The molecule has 0 aromatic heterocycles. The molecule has 0 N–H and O–H groups in total. The molecule has 2 rings (SSSR count). The highest BCUT2D eigenvalue weighted by Crippen LogP contribution is 2.31. The molecule has 0 saturated heterocycles. The third-order valence-corrected chi connectivity index (χ3v) is 2.78. The number of para-hydroxylation sites is 3. The van der Waals surface area contributed by atoms with Crippen molar-refractivity contribution in [3.8, 4) is 17.2 Å². The predicted octanol–water partition coefficient (Wildman–Crippen LogP) is 4.51. The Hall–Kier alpha value is -2.49. The third-order valence-electron chi connectivity index (χ3n) is 2.78. The van der Waals surface area contributed by atoms with Crippen molar-refractivity contribution in [2.75, 3.05) is 0 Å². The highest BCUT2D eigenvalue weighted by Gasteiger charge is 2.10. The number of rotatable bonds is 7. The summed E-state index contributed by atoms with van der Waals surface area (Å²) in [6.45, 7) is 2.01. The van der Waals surface area contributed by atoms with E-state index in [9.17, 15) is 4.79 Å². The van der Waals surface area contributed by atoms with Gasteiger partial charge < -0.3 is 4.74 Å². The van der Waals surface area contributed by atoms with E-state index in [0.29, 0.717) is 23.7 Å². The van der Waals surface area contributed by atoms with Gasteiger partial charge in [0.1, 0.15) is 5.75 Å². The molecule has 0 amide bonds. The van der Waals surface area contributed by atoms with Crippen molar-refractivity contribution >= 4 is 5.97 Å². The fourth-order valence-corrected chi connectivity index (χ4v) is 1.67. The van der Waals surface area contributed by atoms with Gasteiger partial charge in [0.15, 0.2) is 5.75 Å². The Morgan fingerprint density at radius 3 is 2.33 bits per heavy atom. The Kier molecular flexibility index (Phi) is 5.64. The first-order chi connectivity index (χ1) is 10.3. The van der Waals surface area contributed by atoms with Gasteiger partial charge >= 0.3 is 5.97 Å². The summed E-state index contributed by atoms with van der Waals surface area (Å²) in [7, 11) is 0. The number of unbranched alkanes of at least 4 members (excludes halogenated alkanes) is 1. The van der Waals surface area contributed by atoms with E-state index >= 15 is 0 Å². The van der Waals surface area contributed by atoms with Gasteiger partial charge in [-0.05, 0) is 30.7 Å². The van der Waals surface area contributed by atoms with Gasteiger partial charge in [-0.2, -0.15) is 0 Å². The summed E-state index contributed by atoms with van der Waals surface area (Å²) in [5.41, 5.74) is 0. The molecule has 0 aliphatic rings. The normalized spacial score (nSPS) is 9.95. The van der Waals surface area contributed by atoms with Crippen LogP contribution >= 0.6 is 0 Å². The molecule has 0 aliphatic carbocycles. The Labute approximate surface area is 124 Å². The van der Waals surface area contributed by atoms with E-state index in [4.69, 9.17) is 14.5 Å². The minimum absolute atomic E-state index is 0.345. The van der Waals surface area contributed by atoms with Gasteiger partial charge in [-0.1, -0.05) is 43.7 Å². The summed E-state index contributed by atoms with van der Waals surface area (Å²) in [6, 6.07) is 16.4. The van der Waals surface area contributed by atoms with E-state index in [-0.39, 0.29) is 5.97 Å². The average Bonchev–Trinajstić information content (AvgIpc) is 2.53. The Bertz CT molecular complexity index is 566. The molecule has 2 aromatic rings. The van der Waals surface area contributed by atoms with Crippen LogP contribution in [0.2, 0.25) is 0 Å². The topological polar surface area (TPSA) is 44.8 Å². The standard InChI is InChI=1S/C17H18O4/c1-2-3-13-17(18)21-20-16-12-8-7-11-15(16)19-14-9-5-4-6-10-14/h4-12H,2-3,13H2,1H3. The lowest BCUT2D eigenvalue weighted by molar-refractivity contribution is -0.214. The van der Waals surface area contributed by atoms with E-state index in [1.165, 1.54) is 0 Å². The molecule has 0 saturated carbocycles. The third kappa shape index (κ3) is 4.84. The Balaban J connectivity index is 1.98. The Morgan fingerprint density at radius 1 is 0.952 bits per heavy atom. The van der Waals surface area contributed by atoms with E-state index in [1.807, 2.05) is 43.3 Å². The lowest BCUT2D eigenvalue weighted by Crippen LogP contribution is -2.08. The molecular weight excluding hydrogens is 268 g/mol. The van der Waals surface area contributed by atoms with E-state index in [0.717, 1.165) is 12.8 Å². The number of hydrogen-bond acceptors (Lipinski definition) is 4. The van der Waals surface area contributed by atoms with Crippen LogP contribution < -0.4 is 9.62 Å². The van der Waals surface area contributed by atoms with Gasteiger partial charge in [0, 0.05) is 0 Å². The van der Waals surface area contributed by atoms with Crippen molar-refractivity contribution in [2.45, 2.75) is 26.2 Å². The van der Waals surface area contributed by atoms with Gasteiger partial charge in [-0.15, -0.1) is 0 Å². The lowest BCUT2D eigenvalue weighted by Gasteiger charge is -2.10. The maximum absolute atomic E-state index is 11.5. The van der Waals surface area contributed by atoms with Crippen LogP contribution in [0.1, 0.15) is 26.2 Å². The maximum Gasteiger partial charge on any atom is 0.355 e. The molecule has 4 heteroatoms. The van der Waals surface area contributed by atoms with Gasteiger partial charge in [-0.3, -0.25) is 9.78 Å². The highest BCUT2D eigenvalue weighted by molar-refractivity contribution is 5.68. The van der Waals surface area contributed by atoms with Crippen LogP contribution in [-0.2, 0) is 9.68 Å². The fraction of sp³-hybridized carbons (Fsp3) is 0.235. The largest absolute Gasteiger partial charge is 0.453 e. The summed E-state index contributed by atoms with van der Waals surface area (Å²) in [6.07, 6.45) is 2.06. The second kappa shape index (κ2) is 7.94. The summed E-state index contributed by atoms with van der Waals surface area (Å²) >= 11 is 0. The number of carbonyl (C=O) groups excluding carboxylic acids is 1. The molecule has 0 unspecified atom stereocenters. The Morgan fingerprint density at radius 2 is 1.62 bits per heavy atom. The number of ether oxygens (including phenoxy) is 1. The molecule has 0 aliphatic heterocycles. The predicted molar refractivity (Wildman–Crippen MR) is 79.2 cm³/mol. The molecule has 0 fully saturated rings. The van der Waals surface area contributed by atoms with Crippen molar-refractivity contribution in [3.05, 3.63) is 54.6 Å². The second-order valence-electron chi connectivity index (χ2n) is 4.50. The minimum Gasteiger partial charge on any atom is -0.453 e. The molecule has 0 radical (unpaired) electrons. The van der Waals surface area contributed by atoms with Gasteiger partial charge in [0.25, 0.3) is 0 Å². The summed E-state index contributed by atoms with van der Waals surface area (Å²) in [4.78, 5) is 21.3. The van der Waals surface area contributed by atoms with Crippen LogP contribution in [-0.4, -0.2) is 5.97 Å². The molecule has 4 nitrogen and oxygen atoms in total. The summed E-state index contributed by atoms with van der Waals surface area (Å²) in [5, 5.41) is 0. The summed E-state index contributed by atoms with van der Waals surface area (Å²) in [5.74, 6) is 1.16. The zero-order chi connectivity index (χ0) is 14.9. The van der Waals surface area contributed by atoms with Gasteiger partial charge in [0.05, 0.1) is 6.42 Å². The highest BCUT2D eigenvalue weighted by atomic mass is 17.2. The fourth-order valence-electron chi connectivity index (χ4n) is 1.67. The maximum atomic E-state index is 11.5. The van der Waals surface area contributed by atoms with Crippen molar-refractivity contribution < 1.29 is 19.3 Å². The molecule has 0 spiro atoms.